The van der Waals surface area contributed by atoms with E-state index in [1.54, 1.807) is 6.92 Å². The lowest BCUT2D eigenvalue weighted by atomic mass is 9.93. The molecule has 0 amide bonds. The molecule has 0 spiro atoms. The molecule has 0 aromatic carbocycles. The maximum atomic E-state index is 11.0. The number of carbonyl (C=O) groups is 1. The third-order valence-electron chi connectivity index (χ3n) is 3.19. The van der Waals surface area contributed by atoms with Crippen molar-refractivity contribution in [2.24, 2.45) is 5.73 Å². The summed E-state index contributed by atoms with van der Waals surface area (Å²) in [6.07, 6.45) is 0.451. The molecule has 94 valence electrons. The Morgan fingerprint density at radius 1 is 1.75 bits per heavy atom. The number of carboxylic acids is 1. The van der Waals surface area contributed by atoms with Crippen LogP contribution in [0.15, 0.2) is 0 Å². The Labute approximate surface area is 96.6 Å². The first-order valence-corrected chi connectivity index (χ1v) is 5.70. The van der Waals surface area contributed by atoms with Crippen molar-refractivity contribution in [3.8, 4) is 0 Å². The highest BCUT2D eigenvalue weighted by Crippen LogP contribution is 2.18. The molecule has 1 saturated heterocycles. The molecule has 1 fully saturated rings. The van der Waals surface area contributed by atoms with Crippen molar-refractivity contribution >= 4 is 5.97 Å². The zero-order valence-corrected chi connectivity index (χ0v) is 10.3. The van der Waals surface area contributed by atoms with Crippen LogP contribution in [0, 0.1) is 0 Å². The second-order valence-corrected chi connectivity index (χ2v) is 4.94. The van der Waals surface area contributed by atoms with Crippen LogP contribution < -0.4 is 5.73 Å². The largest absolute Gasteiger partial charge is 0.480 e. The Morgan fingerprint density at radius 3 is 2.88 bits per heavy atom. The van der Waals surface area contributed by atoms with Crippen LogP contribution in [-0.2, 0) is 9.53 Å². The van der Waals surface area contributed by atoms with Gasteiger partial charge in [-0.15, -0.1) is 0 Å². The number of rotatable bonds is 4. The van der Waals surface area contributed by atoms with Crippen molar-refractivity contribution in [1.82, 2.24) is 4.90 Å². The topological polar surface area (TPSA) is 75.8 Å². The van der Waals surface area contributed by atoms with Gasteiger partial charge in [0.15, 0.2) is 0 Å². The van der Waals surface area contributed by atoms with Gasteiger partial charge in [0, 0.05) is 18.6 Å². The number of ether oxygens (including phenoxy) is 1. The number of carboxylic acid groups (broad SMARTS) is 1. The molecule has 0 aromatic heterocycles. The molecular formula is C11H22N2O3. The van der Waals surface area contributed by atoms with Crippen LogP contribution in [-0.4, -0.2) is 53.4 Å². The predicted octanol–water partition coefficient (Wildman–Crippen LogP) is 0.288. The van der Waals surface area contributed by atoms with Crippen LogP contribution in [0.3, 0.4) is 0 Å². The standard InChI is InChI=1S/C11H22N2O3/c1-8(6-11(3,12)10(14)15)13-4-5-16-7-9(13)2/h8-9H,4-7,12H2,1-3H3,(H,14,15). The van der Waals surface area contributed by atoms with E-state index >= 15 is 0 Å². The lowest BCUT2D eigenvalue weighted by molar-refractivity contribution is -0.143. The summed E-state index contributed by atoms with van der Waals surface area (Å²) in [6, 6.07) is 0.485. The zero-order valence-electron chi connectivity index (χ0n) is 10.3. The molecule has 0 aliphatic carbocycles. The molecule has 0 aromatic rings. The summed E-state index contributed by atoms with van der Waals surface area (Å²) in [7, 11) is 0. The minimum atomic E-state index is -1.16. The Bertz CT molecular complexity index is 256. The monoisotopic (exact) mass is 230 g/mol. The second kappa shape index (κ2) is 5.12. The van der Waals surface area contributed by atoms with E-state index in [0.29, 0.717) is 25.7 Å². The highest BCUT2D eigenvalue weighted by molar-refractivity contribution is 5.77. The number of nitrogens with two attached hydrogens (primary N) is 1. The lowest BCUT2D eigenvalue weighted by Gasteiger charge is -2.39. The summed E-state index contributed by atoms with van der Waals surface area (Å²) < 4.78 is 5.35. The Balaban J connectivity index is 2.57. The Kier molecular flexibility index (Phi) is 4.29. The summed E-state index contributed by atoms with van der Waals surface area (Å²) in [5.41, 5.74) is 4.60. The van der Waals surface area contributed by atoms with Crippen molar-refractivity contribution < 1.29 is 14.6 Å². The summed E-state index contributed by atoms with van der Waals surface area (Å²) in [5.74, 6) is -0.944. The van der Waals surface area contributed by atoms with Gasteiger partial charge in [-0.05, 0) is 27.2 Å². The van der Waals surface area contributed by atoms with E-state index in [0.717, 1.165) is 6.54 Å². The molecule has 0 radical (unpaired) electrons. The first-order valence-electron chi connectivity index (χ1n) is 5.70. The highest BCUT2D eigenvalue weighted by Gasteiger charge is 2.33. The van der Waals surface area contributed by atoms with Gasteiger partial charge in [-0.3, -0.25) is 9.69 Å². The normalized spacial score (nSPS) is 28.4. The van der Waals surface area contributed by atoms with Crippen LogP contribution >= 0.6 is 0 Å². The van der Waals surface area contributed by atoms with Gasteiger partial charge in [0.1, 0.15) is 5.54 Å². The first kappa shape index (κ1) is 13.4. The van der Waals surface area contributed by atoms with Crippen LogP contribution in [0.5, 0.6) is 0 Å². The van der Waals surface area contributed by atoms with E-state index in [1.807, 2.05) is 6.92 Å². The average Bonchev–Trinajstić information content (AvgIpc) is 2.17. The van der Waals surface area contributed by atoms with Crippen molar-refractivity contribution in [2.75, 3.05) is 19.8 Å². The lowest BCUT2D eigenvalue weighted by Crippen LogP contribution is -2.54. The van der Waals surface area contributed by atoms with E-state index < -0.39 is 11.5 Å². The Morgan fingerprint density at radius 2 is 2.38 bits per heavy atom. The third kappa shape index (κ3) is 3.17. The van der Waals surface area contributed by atoms with Gasteiger partial charge in [-0.25, -0.2) is 0 Å². The van der Waals surface area contributed by atoms with Crippen molar-refractivity contribution in [2.45, 2.75) is 44.8 Å². The Hall–Kier alpha value is -0.650. The maximum absolute atomic E-state index is 11.0. The molecule has 5 heteroatoms. The van der Waals surface area contributed by atoms with Gasteiger partial charge in [-0.1, -0.05) is 0 Å². The molecule has 16 heavy (non-hydrogen) atoms. The molecule has 0 saturated carbocycles. The fourth-order valence-electron chi connectivity index (χ4n) is 2.21. The van der Waals surface area contributed by atoms with Crippen molar-refractivity contribution in [3.63, 3.8) is 0 Å². The number of nitrogens with zero attached hydrogens (tertiary/aromatic N) is 1. The minimum absolute atomic E-state index is 0.157. The fraction of sp³-hybridized carbons (Fsp3) is 0.909. The quantitative estimate of drug-likeness (QED) is 0.726. The average molecular weight is 230 g/mol. The molecule has 5 nitrogen and oxygen atoms in total. The molecule has 1 aliphatic rings. The summed E-state index contributed by atoms with van der Waals surface area (Å²) in [6.45, 7) is 7.94. The van der Waals surface area contributed by atoms with E-state index in [-0.39, 0.29) is 6.04 Å². The van der Waals surface area contributed by atoms with Gasteiger partial charge < -0.3 is 15.6 Å². The smallest absolute Gasteiger partial charge is 0.323 e. The van der Waals surface area contributed by atoms with Crippen LogP contribution in [0.25, 0.3) is 0 Å². The van der Waals surface area contributed by atoms with Gasteiger partial charge in [0.2, 0.25) is 0 Å². The number of aliphatic carboxylic acids is 1. The van der Waals surface area contributed by atoms with E-state index in [9.17, 15) is 4.79 Å². The van der Waals surface area contributed by atoms with E-state index in [2.05, 4.69) is 11.8 Å². The minimum Gasteiger partial charge on any atom is -0.480 e. The van der Waals surface area contributed by atoms with Crippen LogP contribution in [0.1, 0.15) is 27.2 Å². The third-order valence-corrected chi connectivity index (χ3v) is 3.19. The van der Waals surface area contributed by atoms with Crippen molar-refractivity contribution in [1.29, 1.82) is 0 Å². The number of hydrogen-bond donors (Lipinski definition) is 2. The zero-order chi connectivity index (χ0) is 12.3. The molecule has 3 N–H and O–H groups in total. The van der Waals surface area contributed by atoms with Gasteiger partial charge in [0.25, 0.3) is 0 Å². The van der Waals surface area contributed by atoms with Crippen LogP contribution in [0.4, 0.5) is 0 Å². The molecule has 1 aliphatic heterocycles. The first-order chi connectivity index (χ1) is 7.34. The highest BCUT2D eigenvalue weighted by atomic mass is 16.5. The second-order valence-electron chi connectivity index (χ2n) is 4.94. The summed E-state index contributed by atoms with van der Waals surface area (Å²) in [4.78, 5) is 13.2. The SMILES string of the molecule is CC1COCCN1C(C)CC(C)(N)C(=O)O. The molecule has 0 bridgehead atoms. The van der Waals surface area contributed by atoms with Gasteiger partial charge in [-0.2, -0.15) is 0 Å². The molecule has 3 unspecified atom stereocenters. The fourth-order valence-corrected chi connectivity index (χ4v) is 2.21. The van der Waals surface area contributed by atoms with Crippen LogP contribution in [0.2, 0.25) is 0 Å². The number of morpholine rings is 1. The molecule has 3 atom stereocenters. The molecule has 1 rings (SSSR count). The van der Waals surface area contributed by atoms with Crippen molar-refractivity contribution in [3.05, 3.63) is 0 Å². The summed E-state index contributed by atoms with van der Waals surface area (Å²) >= 11 is 0. The van der Waals surface area contributed by atoms with Gasteiger partial charge >= 0.3 is 5.97 Å². The van der Waals surface area contributed by atoms with Gasteiger partial charge in [0.05, 0.1) is 13.2 Å². The maximum Gasteiger partial charge on any atom is 0.323 e. The van der Waals surface area contributed by atoms with E-state index in [1.165, 1.54) is 0 Å². The van der Waals surface area contributed by atoms with E-state index in [4.69, 9.17) is 15.6 Å². The molecule has 1 heterocycles. The molecular weight excluding hydrogens is 208 g/mol. The summed E-state index contributed by atoms with van der Waals surface area (Å²) in [5, 5.41) is 8.99. The predicted molar refractivity (Wildman–Crippen MR) is 61.3 cm³/mol. The number of hydrogen-bond acceptors (Lipinski definition) is 4.